The highest BCUT2D eigenvalue weighted by molar-refractivity contribution is 7.90. The van der Waals surface area contributed by atoms with Crippen LogP contribution in [0.25, 0.3) is 10.9 Å². The first-order valence-corrected chi connectivity index (χ1v) is 7.76. The highest BCUT2D eigenvalue weighted by Gasteiger charge is 2.02. The lowest BCUT2D eigenvalue weighted by Crippen LogP contribution is -2.08. The molecule has 0 saturated carbocycles. The van der Waals surface area contributed by atoms with Crippen LogP contribution in [-0.4, -0.2) is 32.0 Å². The number of aromatic nitrogens is 1. The summed E-state index contributed by atoms with van der Waals surface area (Å²) in [5.74, 6) is 0.816. The molecule has 1 aromatic carbocycles. The monoisotopic (exact) mass is 265 g/mol. The molecular weight excluding hydrogens is 250 g/mol. The van der Waals surface area contributed by atoms with Crippen LogP contribution >= 0.6 is 0 Å². The van der Waals surface area contributed by atoms with Crippen molar-refractivity contribution >= 4 is 20.7 Å². The predicted octanol–water partition coefficient (Wildman–Crippen LogP) is 2.05. The third-order valence-corrected chi connectivity index (χ3v) is 3.52. The van der Waals surface area contributed by atoms with Gasteiger partial charge in [-0.05, 0) is 18.6 Å². The Bertz CT molecular complexity index is 637. The van der Waals surface area contributed by atoms with Crippen molar-refractivity contribution in [3.8, 4) is 5.75 Å². The van der Waals surface area contributed by atoms with Crippen LogP contribution in [0, 0.1) is 0 Å². The molecule has 5 heteroatoms. The molecular formula is C13H15NO3S. The zero-order valence-electron chi connectivity index (χ0n) is 10.2. The van der Waals surface area contributed by atoms with Crippen molar-refractivity contribution in [1.29, 1.82) is 0 Å². The van der Waals surface area contributed by atoms with E-state index < -0.39 is 9.84 Å². The third-order valence-electron chi connectivity index (χ3n) is 2.49. The Morgan fingerprint density at radius 2 is 2.06 bits per heavy atom. The van der Waals surface area contributed by atoms with Gasteiger partial charge >= 0.3 is 0 Å². The molecule has 0 amide bonds. The maximum Gasteiger partial charge on any atom is 0.147 e. The van der Waals surface area contributed by atoms with Gasteiger partial charge in [-0.3, -0.25) is 4.98 Å². The van der Waals surface area contributed by atoms with Crippen LogP contribution in [0.3, 0.4) is 0 Å². The van der Waals surface area contributed by atoms with E-state index in [0.717, 1.165) is 10.9 Å². The maximum atomic E-state index is 10.9. The lowest BCUT2D eigenvalue weighted by Gasteiger charge is -2.06. The molecule has 0 spiro atoms. The third kappa shape index (κ3) is 3.70. The second-order valence-electron chi connectivity index (χ2n) is 4.20. The summed E-state index contributed by atoms with van der Waals surface area (Å²) < 4.78 is 27.4. The first-order chi connectivity index (χ1) is 8.54. The summed E-state index contributed by atoms with van der Waals surface area (Å²) >= 11 is 0. The zero-order valence-corrected chi connectivity index (χ0v) is 11.0. The van der Waals surface area contributed by atoms with Gasteiger partial charge in [-0.15, -0.1) is 0 Å². The maximum absolute atomic E-state index is 10.9. The van der Waals surface area contributed by atoms with Crippen molar-refractivity contribution in [1.82, 2.24) is 4.98 Å². The Hall–Kier alpha value is -1.62. The number of benzene rings is 1. The Labute approximate surface area is 107 Å². The van der Waals surface area contributed by atoms with Crippen molar-refractivity contribution in [2.75, 3.05) is 18.6 Å². The number of rotatable bonds is 5. The van der Waals surface area contributed by atoms with Crippen LogP contribution in [-0.2, 0) is 9.84 Å². The molecule has 0 saturated heterocycles. The molecule has 0 fully saturated rings. The molecule has 4 nitrogen and oxygen atoms in total. The number of nitrogens with zero attached hydrogens (tertiary/aromatic N) is 1. The van der Waals surface area contributed by atoms with Gasteiger partial charge in [-0.1, -0.05) is 18.2 Å². The van der Waals surface area contributed by atoms with Gasteiger partial charge in [-0.2, -0.15) is 0 Å². The predicted molar refractivity (Wildman–Crippen MR) is 71.6 cm³/mol. The van der Waals surface area contributed by atoms with E-state index in [-0.39, 0.29) is 5.75 Å². The second-order valence-corrected chi connectivity index (χ2v) is 6.46. The quantitative estimate of drug-likeness (QED) is 0.776. The average Bonchev–Trinajstić information content (AvgIpc) is 2.33. The van der Waals surface area contributed by atoms with Crippen molar-refractivity contribution in [2.45, 2.75) is 6.42 Å². The van der Waals surface area contributed by atoms with Gasteiger partial charge in [0.05, 0.1) is 24.1 Å². The van der Waals surface area contributed by atoms with Gasteiger partial charge in [0, 0.05) is 11.6 Å². The van der Waals surface area contributed by atoms with E-state index in [2.05, 4.69) is 4.98 Å². The van der Waals surface area contributed by atoms with E-state index in [1.807, 2.05) is 30.3 Å². The summed E-state index contributed by atoms with van der Waals surface area (Å²) in [6.07, 6.45) is 3.37. The first-order valence-electron chi connectivity index (χ1n) is 5.70. The fourth-order valence-electron chi connectivity index (χ4n) is 1.64. The summed E-state index contributed by atoms with van der Waals surface area (Å²) in [7, 11) is -2.91. The number of sulfone groups is 1. The van der Waals surface area contributed by atoms with Crippen LogP contribution in [0.4, 0.5) is 0 Å². The SMILES string of the molecule is CS(=O)(=O)CCCOc1cnc2ccccc2c1. The minimum atomic E-state index is -2.91. The molecule has 0 aliphatic rings. The van der Waals surface area contributed by atoms with E-state index >= 15 is 0 Å². The summed E-state index contributed by atoms with van der Waals surface area (Å²) in [6.45, 7) is 0.382. The van der Waals surface area contributed by atoms with Gasteiger partial charge in [-0.25, -0.2) is 8.42 Å². The van der Waals surface area contributed by atoms with Crippen LogP contribution in [0.15, 0.2) is 36.5 Å². The van der Waals surface area contributed by atoms with E-state index in [0.29, 0.717) is 18.8 Å². The molecule has 2 aromatic rings. The first kappa shape index (κ1) is 12.8. The van der Waals surface area contributed by atoms with E-state index in [4.69, 9.17) is 4.74 Å². The lowest BCUT2D eigenvalue weighted by molar-refractivity contribution is 0.317. The number of para-hydroxylation sites is 1. The largest absolute Gasteiger partial charge is 0.492 e. The van der Waals surface area contributed by atoms with E-state index in [1.165, 1.54) is 6.26 Å². The molecule has 0 N–H and O–H groups in total. The summed E-state index contributed by atoms with van der Waals surface area (Å²) in [4.78, 5) is 4.27. The normalized spacial score (nSPS) is 11.6. The van der Waals surface area contributed by atoms with Gasteiger partial charge in [0.25, 0.3) is 0 Å². The Morgan fingerprint density at radius 3 is 2.83 bits per heavy atom. The van der Waals surface area contributed by atoms with Crippen LogP contribution in [0.1, 0.15) is 6.42 Å². The number of ether oxygens (including phenoxy) is 1. The molecule has 0 aliphatic carbocycles. The lowest BCUT2D eigenvalue weighted by atomic mass is 10.2. The topological polar surface area (TPSA) is 56.3 Å². The number of pyridine rings is 1. The number of fused-ring (bicyclic) bond motifs is 1. The molecule has 1 aromatic heterocycles. The smallest absolute Gasteiger partial charge is 0.147 e. The van der Waals surface area contributed by atoms with Crippen LogP contribution in [0.5, 0.6) is 5.75 Å². The minimum absolute atomic E-state index is 0.147. The van der Waals surface area contributed by atoms with Gasteiger partial charge in [0.2, 0.25) is 0 Å². The van der Waals surface area contributed by atoms with Gasteiger partial charge in [0.1, 0.15) is 15.6 Å². The van der Waals surface area contributed by atoms with Crippen LogP contribution < -0.4 is 4.74 Å². The van der Waals surface area contributed by atoms with Crippen LogP contribution in [0.2, 0.25) is 0 Å². The molecule has 0 aliphatic heterocycles. The average molecular weight is 265 g/mol. The number of hydrogen-bond acceptors (Lipinski definition) is 4. The van der Waals surface area contributed by atoms with E-state index in [9.17, 15) is 8.42 Å². The molecule has 0 unspecified atom stereocenters. The Balaban J connectivity index is 1.96. The summed E-state index contributed by atoms with van der Waals surface area (Å²) in [6, 6.07) is 9.68. The van der Waals surface area contributed by atoms with Crippen molar-refractivity contribution in [3.63, 3.8) is 0 Å². The molecule has 0 bridgehead atoms. The Kier molecular flexibility index (Phi) is 3.81. The standard InChI is InChI=1S/C13H15NO3S/c1-18(15,16)8-4-7-17-12-9-11-5-2-3-6-13(11)14-10-12/h2-3,5-6,9-10H,4,7-8H2,1H3. The van der Waals surface area contributed by atoms with Crippen molar-refractivity contribution in [2.24, 2.45) is 0 Å². The number of hydrogen-bond donors (Lipinski definition) is 0. The molecule has 1 heterocycles. The fraction of sp³-hybridized carbons (Fsp3) is 0.308. The Morgan fingerprint density at radius 1 is 1.28 bits per heavy atom. The second kappa shape index (κ2) is 5.35. The molecule has 18 heavy (non-hydrogen) atoms. The molecule has 0 atom stereocenters. The summed E-state index contributed by atoms with van der Waals surface area (Å²) in [5, 5.41) is 1.01. The van der Waals surface area contributed by atoms with Crippen molar-refractivity contribution in [3.05, 3.63) is 36.5 Å². The molecule has 0 radical (unpaired) electrons. The van der Waals surface area contributed by atoms with Gasteiger partial charge in [0.15, 0.2) is 0 Å². The highest BCUT2D eigenvalue weighted by atomic mass is 32.2. The highest BCUT2D eigenvalue weighted by Crippen LogP contribution is 2.17. The molecule has 2 rings (SSSR count). The van der Waals surface area contributed by atoms with E-state index in [1.54, 1.807) is 6.20 Å². The van der Waals surface area contributed by atoms with Crippen molar-refractivity contribution < 1.29 is 13.2 Å². The fourth-order valence-corrected chi connectivity index (χ4v) is 2.28. The zero-order chi connectivity index (χ0) is 13.0. The minimum Gasteiger partial charge on any atom is -0.492 e. The summed E-state index contributed by atoms with van der Waals surface area (Å²) in [5.41, 5.74) is 0.918. The molecule has 96 valence electrons. The van der Waals surface area contributed by atoms with Gasteiger partial charge < -0.3 is 4.74 Å².